The smallest absolute Gasteiger partial charge is 0.268 e. The molecule has 9 nitrogen and oxygen atoms in total. The van der Waals surface area contributed by atoms with Gasteiger partial charge in [-0.15, -0.1) is 0 Å². The maximum Gasteiger partial charge on any atom is 0.268 e. The molecule has 3 heterocycles. The van der Waals surface area contributed by atoms with E-state index in [-0.39, 0.29) is 49.8 Å². The van der Waals surface area contributed by atoms with Crippen molar-refractivity contribution >= 4 is 43.2 Å². The number of fused-ring (bicyclic) bond motifs is 2. The number of nitrogens with one attached hydrogen (secondary N) is 2. The molecule has 3 aliphatic heterocycles. The minimum atomic E-state index is -3.55. The van der Waals surface area contributed by atoms with Crippen LogP contribution in [0.3, 0.4) is 0 Å². The van der Waals surface area contributed by atoms with Gasteiger partial charge in [0.15, 0.2) is 5.60 Å². The Hall–Kier alpha value is -3.90. The van der Waals surface area contributed by atoms with E-state index < -0.39 is 31.6 Å². The van der Waals surface area contributed by atoms with Crippen LogP contribution in [0.4, 0.5) is 21.2 Å². The maximum atomic E-state index is 16.5. The van der Waals surface area contributed by atoms with Crippen LogP contribution in [0.2, 0.25) is 18.6 Å². The lowest BCUT2D eigenvalue weighted by Gasteiger charge is -2.31. The molecule has 11 heteroatoms. The Labute approximate surface area is 282 Å². The van der Waals surface area contributed by atoms with E-state index in [1.165, 1.54) is 0 Å². The van der Waals surface area contributed by atoms with Gasteiger partial charge in [-0.25, -0.2) is 0 Å². The summed E-state index contributed by atoms with van der Waals surface area (Å²) in [5.74, 6) is -1.50. The summed E-state index contributed by atoms with van der Waals surface area (Å²) in [4.78, 5) is 45.1. The van der Waals surface area contributed by atoms with Gasteiger partial charge in [-0.2, -0.15) is 0 Å². The highest BCUT2D eigenvalue weighted by Gasteiger charge is 2.67. The molecule has 3 aromatic carbocycles. The van der Waals surface area contributed by atoms with Crippen LogP contribution in [0, 0.1) is 11.8 Å². The summed E-state index contributed by atoms with van der Waals surface area (Å²) in [5.41, 5.74) is 0.978. The lowest BCUT2D eigenvalue weighted by molar-refractivity contribution is -0.149. The summed E-state index contributed by atoms with van der Waals surface area (Å²) < 4.78 is 23.3. The van der Waals surface area contributed by atoms with Crippen molar-refractivity contribution in [1.82, 2.24) is 10.2 Å². The van der Waals surface area contributed by atoms with E-state index in [1.807, 2.05) is 73.7 Å². The molecule has 48 heavy (non-hydrogen) atoms. The van der Waals surface area contributed by atoms with E-state index in [0.717, 1.165) is 24.9 Å². The zero-order valence-corrected chi connectivity index (χ0v) is 28.8. The van der Waals surface area contributed by atoms with Gasteiger partial charge in [0.2, 0.25) is 20.2 Å². The second kappa shape index (κ2) is 13.9. The molecule has 0 bridgehead atoms. The number of anilines is 3. The molecular weight excluding hydrogens is 628 g/mol. The van der Waals surface area contributed by atoms with Gasteiger partial charge in [-0.1, -0.05) is 55.5 Å². The number of piperidine rings is 1. The largest absolute Gasteiger partial charge is 0.395 e. The van der Waals surface area contributed by atoms with Crippen LogP contribution >= 0.6 is 0 Å². The standard InChI is InChI=1S/C37H45FN4O5Si/c1-25-34(48(2,3)38)32(22-33(44)41(19-20-43)24-26-11-6-4-7-12-26)47-37(25)30-21-28(40-35(45)27-13-10-18-39-23-27)16-17-31(30)42(36(37)46)29-14-8-5-9-15-29/h4-9,11-12,14-17,21,25,27,32,34,39,43H,10,13,18-20,22-24H2,1-3H3,(H,40,45)/t25-,27?,32+,34-,37+/m0/s1. The van der Waals surface area contributed by atoms with Crippen molar-refractivity contribution < 1.29 is 28.3 Å². The van der Waals surface area contributed by atoms with E-state index in [0.29, 0.717) is 29.2 Å². The Bertz CT molecular complexity index is 1630. The molecule has 1 spiro atoms. The van der Waals surface area contributed by atoms with Crippen molar-refractivity contribution in [3.63, 3.8) is 0 Å². The van der Waals surface area contributed by atoms with Crippen LogP contribution in [0.1, 0.15) is 37.3 Å². The van der Waals surface area contributed by atoms with E-state index in [4.69, 9.17) is 4.74 Å². The summed E-state index contributed by atoms with van der Waals surface area (Å²) in [6, 6.07) is 24.1. The third-order valence-corrected chi connectivity index (χ3v) is 12.6. The normalized spacial score (nSPS) is 25.3. The number of ether oxygens (including phenoxy) is 1. The number of aliphatic hydroxyl groups excluding tert-OH is 1. The summed E-state index contributed by atoms with van der Waals surface area (Å²) in [7, 11) is -3.55. The van der Waals surface area contributed by atoms with Crippen molar-refractivity contribution in [2.75, 3.05) is 36.5 Å². The van der Waals surface area contributed by atoms with Crippen LogP contribution in [0.25, 0.3) is 0 Å². The van der Waals surface area contributed by atoms with Crippen LogP contribution in [0.5, 0.6) is 0 Å². The molecule has 2 fully saturated rings. The first-order chi connectivity index (χ1) is 23.0. The molecule has 1 unspecified atom stereocenters. The number of amides is 3. The predicted molar refractivity (Wildman–Crippen MR) is 186 cm³/mol. The molecule has 0 aromatic heterocycles. The molecule has 3 aliphatic rings. The van der Waals surface area contributed by atoms with Gasteiger partial charge in [0.1, 0.15) is 0 Å². The minimum Gasteiger partial charge on any atom is -0.395 e. The number of halogens is 1. The van der Waals surface area contributed by atoms with Gasteiger partial charge < -0.3 is 29.5 Å². The first-order valence-electron chi connectivity index (χ1n) is 16.9. The number of benzene rings is 3. The van der Waals surface area contributed by atoms with E-state index in [1.54, 1.807) is 35.0 Å². The number of nitrogens with zero attached hydrogens (tertiary/aromatic N) is 2. The molecule has 3 aromatic rings. The highest BCUT2D eigenvalue weighted by atomic mass is 28.4. The summed E-state index contributed by atoms with van der Waals surface area (Å²) in [6.07, 6.45) is 0.695. The van der Waals surface area contributed by atoms with Crippen molar-refractivity contribution in [1.29, 1.82) is 0 Å². The molecule has 0 saturated carbocycles. The average molecular weight is 673 g/mol. The van der Waals surface area contributed by atoms with E-state index in [9.17, 15) is 19.5 Å². The fourth-order valence-corrected chi connectivity index (χ4v) is 10.4. The van der Waals surface area contributed by atoms with Gasteiger partial charge in [-0.05, 0) is 68.4 Å². The van der Waals surface area contributed by atoms with Crippen molar-refractivity contribution in [2.45, 2.75) is 63.1 Å². The summed E-state index contributed by atoms with van der Waals surface area (Å²) >= 11 is 0. The highest BCUT2D eigenvalue weighted by molar-refractivity contribution is 6.72. The van der Waals surface area contributed by atoms with Crippen LogP contribution in [0.15, 0.2) is 78.9 Å². The Morgan fingerprint density at radius 1 is 1.10 bits per heavy atom. The number of carbonyl (C=O) groups excluding carboxylic acids is 3. The predicted octanol–water partition coefficient (Wildman–Crippen LogP) is 5.49. The van der Waals surface area contributed by atoms with Crippen LogP contribution in [-0.4, -0.2) is 68.5 Å². The average Bonchev–Trinajstić information content (AvgIpc) is 3.51. The Kier molecular flexibility index (Phi) is 9.85. The first-order valence-corrected chi connectivity index (χ1v) is 19.8. The molecular formula is C37H45FN4O5Si. The molecule has 3 N–H and O–H groups in total. The van der Waals surface area contributed by atoms with Crippen molar-refractivity contribution in [2.24, 2.45) is 11.8 Å². The highest BCUT2D eigenvalue weighted by Crippen LogP contribution is 2.61. The van der Waals surface area contributed by atoms with Crippen molar-refractivity contribution in [3.8, 4) is 0 Å². The molecule has 254 valence electrons. The van der Waals surface area contributed by atoms with Gasteiger partial charge in [-0.3, -0.25) is 19.3 Å². The third-order valence-electron chi connectivity index (χ3n) is 10.1. The van der Waals surface area contributed by atoms with Crippen molar-refractivity contribution in [3.05, 3.63) is 90.0 Å². The van der Waals surface area contributed by atoms with Crippen LogP contribution < -0.4 is 15.5 Å². The Balaban J connectivity index is 1.38. The topological polar surface area (TPSA) is 111 Å². The van der Waals surface area contributed by atoms with Gasteiger partial charge in [0, 0.05) is 48.0 Å². The number of rotatable bonds is 10. The van der Waals surface area contributed by atoms with Gasteiger partial charge >= 0.3 is 0 Å². The lowest BCUT2D eigenvalue weighted by atomic mass is 9.82. The van der Waals surface area contributed by atoms with Crippen LogP contribution in [-0.2, 0) is 31.3 Å². The van der Waals surface area contributed by atoms with Gasteiger partial charge in [0.25, 0.3) is 5.91 Å². The monoisotopic (exact) mass is 672 g/mol. The molecule has 2 saturated heterocycles. The number of hydrogen-bond acceptors (Lipinski definition) is 6. The number of carbonyl (C=O) groups is 3. The van der Waals surface area contributed by atoms with E-state index >= 15 is 4.11 Å². The molecule has 0 radical (unpaired) electrons. The molecule has 0 aliphatic carbocycles. The number of aliphatic hydroxyl groups is 1. The maximum absolute atomic E-state index is 16.5. The number of para-hydroxylation sites is 1. The zero-order valence-electron chi connectivity index (χ0n) is 27.8. The van der Waals surface area contributed by atoms with Gasteiger partial charge in [0.05, 0.1) is 30.7 Å². The second-order valence-electron chi connectivity index (χ2n) is 13.7. The Morgan fingerprint density at radius 2 is 1.81 bits per heavy atom. The molecule has 3 amide bonds. The number of hydrogen-bond donors (Lipinski definition) is 3. The zero-order chi connectivity index (χ0) is 34.1. The second-order valence-corrected chi connectivity index (χ2v) is 17.5. The summed E-state index contributed by atoms with van der Waals surface area (Å²) in [6.45, 7) is 6.74. The first kappa shape index (κ1) is 34.0. The fourth-order valence-electron chi connectivity index (χ4n) is 7.92. The SMILES string of the molecule is C[C@H]1[C@H]([Si](C)(C)F)[C@@H](CC(=O)N(CCO)Cc2ccccc2)O[C@]12C(=O)N(c1ccccc1)c1ccc(NC(=O)C3CCCNC3)cc12. The summed E-state index contributed by atoms with van der Waals surface area (Å²) in [5, 5.41) is 16.1. The lowest BCUT2D eigenvalue weighted by Crippen LogP contribution is -2.44. The minimum absolute atomic E-state index is 0.0955. The fraction of sp³-hybridized carbons (Fsp3) is 0.432. The third kappa shape index (κ3) is 6.44. The quantitative estimate of drug-likeness (QED) is 0.194. The van der Waals surface area contributed by atoms with E-state index in [2.05, 4.69) is 10.6 Å². The molecule has 6 rings (SSSR count). The molecule has 5 atom stereocenters. The Morgan fingerprint density at radius 3 is 2.46 bits per heavy atom.